The average Bonchev–Trinajstić information content (AvgIpc) is 2.47. The number of para-hydroxylation sites is 2. The first-order valence-corrected chi connectivity index (χ1v) is 10.1. The number of amides is 1. The molecular formula is C17H28N2O4S. The molecule has 0 radical (unpaired) electrons. The predicted octanol–water partition coefficient (Wildman–Crippen LogP) is 2.86. The van der Waals surface area contributed by atoms with Gasteiger partial charge in [-0.15, -0.1) is 0 Å². The summed E-state index contributed by atoms with van der Waals surface area (Å²) in [5, 5.41) is 2.74. The van der Waals surface area contributed by atoms with Gasteiger partial charge in [-0.1, -0.05) is 31.9 Å². The molecule has 1 aromatic carbocycles. The van der Waals surface area contributed by atoms with E-state index in [2.05, 4.69) is 5.32 Å². The fraction of sp³-hybridized carbons (Fsp3) is 0.588. The summed E-state index contributed by atoms with van der Waals surface area (Å²) >= 11 is 0. The molecule has 1 N–H and O–H groups in total. The highest BCUT2D eigenvalue weighted by Gasteiger charge is 2.20. The van der Waals surface area contributed by atoms with Crippen molar-refractivity contribution in [3.05, 3.63) is 24.3 Å². The molecule has 1 aromatic rings. The van der Waals surface area contributed by atoms with Crippen molar-refractivity contribution in [2.24, 2.45) is 0 Å². The van der Waals surface area contributed by atoms with Crippen LogP contribution < -0.4 is 10.1 Å². The Morgan fingerprint density at radius 2 is 1.92 bits per heavy atom. The van der Waals surface area contributed by atoms with Crippen LogP contribution in [0.25, 0.3) is 0 Å². The lowest BCUT2D eigenvalue weighted by Crippen LogP contribution is -2.38. The van der Waals surface area contributed by atoms with Gasteiger partial charge in [0.15, 0.2) is 0 Å². The van der Waals surface area contributed by atoms with Crippen molar-refractivity contribution in [1.29, 1.82) is 0 Å². The number of unbranched alkanes of at least 4 members (excludes halogenated alkanes) is 2. The quantitative estimate of drug-likeness (QED) is 0.654. The van der Waals surface area contributed by atoms with Crippen LogP contribution in [0.1, 0.15) is 40.0 Å². The highest BCUT2D eigenvalue weighted by molar-refractivity contribution is 7.88. The van der Waals surface area contributed by atoms with Crippen LogP contribution in [-0.2, 0) is 14.8 Å². The first-order valence-electron chi connectivity index (χ1n) is 8.24. The predicted molar refractivity (Wildman–Crippen MR) is 96.8 cm³/mol. The molecule has 0 saturated heterocycles. The van der Waals surface area contributed by atoms with Gasteiger partial charge in [-0.25, -0.2) is 8.42 Å². The molecule has 7 heteroatoms. The van der Waals surface area contributed by atoms with Gasteiger partial charge in [0, 0.05) is 6.54 Å². The molecule has 0 atom stereocenters. The molecule has 1 rings (SSSR count). The molecule has 136 valence electrons. The third-order valence-corrected chi connectivity index (χ3v) is 4.57. The Morgan fingerprint density at radius 1 is 1.25 bits per heavy atom. The first kappa shape index (κ1) is 20.4. The second-order valence-corrected chi connectivity index (χ2v) is 8.00. The smallest absolute Gasteiger partial charge is 0.239 e. The Morgan fingerprint density at radius 3 is 2.50 bits per heavy atom. The van der Waals surface area contributed by atoms with Crippen LogP contribution in [0.5, 0.6) is 5.75 Å². The van der Waals surface area contributed by atoms with E-state index in [9.17, 15) is 13.2 Å². The number of carbonyl (C=O) groups is 1. The van der Waals surface area contributed by atoms with Crippen LogP contribution in [0.2, 0.25) is 0 Å². The maximum atomic E-state index is 12.3. The van der Waals surface area contributed by atoms with Gasteiger partial charge >= 0.3 is 0 Å². The normalized spacial score (nSPS) is 11.8. The van der Waals surface area contributed by atoms with E-state index < -0.39 is 10.0 Å². The SMILES string of the molecule is CCCCCN(CC(=O)Nc1ccccc1OC(C)C)S(C)(=O)=O. The van der Waals surface area contributed by atoms with Gasteiger partial charge in [-0.2, -0.15) is 4.31 Å². The summed E-state index contributed by atoms with van der Waals surface area (Å²) < 4.78 is 30.6. The fourth-order valence-corrected chi connectivity index (χ4v) is 2.99. The minimum absolute atomic E-state index is 0.0235. The number of hydrogen-bond acceptors (Lipinski definition) is 4. The number of nitrogens with one attached hydrogen (secondary N) is 1. The molecule has 0 bridgehead atoms. The average molecular weight is 356 g/mol. The van der Waals surface area contributed by atoms with Crippen molar-refractivity contribution in [2.75, 3.05) is 24.7 Å². The third kappa shape index (κ3) is 7.31. The van der Waals surface area contributed by atoms with Crippen molar-refractivity contribution >= 4 is 21.6 Å². The van der Waals surface area contributed by atoms with E-state index in [1.54, 1.807) is 18.2 Å². The fourth-order valence-electron chi connectivity index (χ4n) is 2.18. The van der Waals surface area contributed by atoms with E-state index in [4.69, 9.17) is 4.74 Å². The van der Waals surface area contributed by atoms with Gasteiger partial charge in [0.1, 0.15) is 5.75 Å². The minimum Gasteiger partial charge on any atom is -0.489 e. The Bertz CT molecular complexity index is 629. The van der Waals surface area contributed by atoms with Crippen LogP contribution in [-0.4, -0.2) is 44.1 Å². The van der Waals surface area contributed by atoms with Crippen molar-refractivity contribution in [3.63, 3.8) is 0 Å². The second kappa shape index (κ2) is 9.64. The number of nitrogens with zero attached hydrogens (tertiary/aromatic N) is 1. The molecule has 0 aliphatic rings. The molecular weight excluding hydrogens is 328 g/mol. The molecule has 6 nitrogen and oxygen atoms in total. The summed E-state index contributed by atoms with van der Waals surface area (Å²) in [6, 6.07) is 7.11. The Kier molecular flexibility index (Phi) is 8.21. The summed E-state index contributed by atoms with van der Waals surface area (Å²) in [5.74, 6) is 0.189. The monoisotopic (exact) mass is 356 g/mol. The summed E-state index contributed by atoms with van der Waals surface area (Å²) in [4.78, 5) is 12.3. The summed E-state index contributed by atoms with van der Waals surface area (Å²) in [5.41, 5.74) is 0.540. The van der Waals surface area contributed by atoms with Gasteiger partial charge in [-0.05, 0) is 32.4 Å². The number of rotatable bonds is 10. The van der Waals surface area contributed by atoms with Crippen molar-refractivity contribution < 1.29 is 17.9 Å². The van der Waals surface area contributed by atoms with Crippen molar-refractivity contribution in [1.82, 2.24) is 4.31 Å². The Hall–Kier alpha value is -1.60. The number of benzene rings is 1. The number of carbonyl (C=O) groups excluding carboxylic acids is 1. The molecule has 0 aliphatic carbocycles. The molecule has 0 fully saturated rings. The van der Waals surface area contributed by atoms with Gasteiger partial charge in [-0.3, -0.25) is 4.79 Å². The zero-order valence-corrected chi connectivity index (χ0v) is 15.7. The molecule has 0 saturated carbocycles. The molecule has 0 spiro atoms. The summed E-state index contributed by atoms with van der Waals surface area (Å²) in [7, 11) is -3.42. The number of ether oxygens (including phenoxy) is 1. The Balaban J connectivity index is 2.76. The molecule has 0 aliphatic heterocycles. The van der Waals surface area contributed by atoms with E-state index in [1.807, 2.05) is 26.8 Å². The number of sulfonamides is 1. The lowest BCUT2D eigenvalue weighted by Gasteiger charge is -2.20. The Labute approximate surface area is 145 Å². The maximum absolute atomic E-state index is 12.3. The van der Waals surface area contributed by atoms with Gasteiger partial charge in [0.05, 0.1) is 24.6 Å². The minimum atomic E-state index is -3.42. The molecule has 0 unspecified atom stereocenters. The second-order valence-electron chi connectivity index (χ2n) is 6.01. The third-order valence-electron chi connectivity index (χ3n) is 3.32. The van der Waals surface area contributed by atoms with Crippen LogP contribution in [0.4, 0.5) is 5.69 Å². The van der Waals surface area contributed by atoms with E-state index >= 15 is 0 Å². The van der Waals surface area contributed by atoms with Crippen LogP contribution in [0.3, 0.4) is 0 Å². The molecule has 1 amide bonds. The molecule has 24 heavy (non-hydrogen) atoms. The van der Waals surface area contributed by atoms with Crippen LogP contribution >= 0.6 is 0 Å². The van der Waals surface area contributed by atoms with E-state index in [1.165, 1.54) is 4.31 Å². The highest BCUT2D eigenvalue weighted by Crippen LogP contribution is 2.24. The summed E-state index contributed by atoms with van der Waals surface area (Å²) in [6.07, 6.45) is 3.76. The standard InChI is InChI=1S/C17H28N2O4S/c1-5-6-9-12-19(24(4,21)22)13-17(20)18-15-10-7-8-11-16(15)23-14(2)3/h7-8,10-11,14H,5-6,9,12-13H2,1-4H3,(H,18,20). The highest BCUT2D eigenvalue weighted by atomic mass is 32.2. The molecule has 0 aromatic heterocycles. The van der Waals surface area contributed by atoms with Crippen molar-refractivity contribution in [3.8, 4) is 5.75 Å². The largest absolute Gasteiger partial charge is 0.489 e. The number of hydrogen-bond donors (Lipinski definition) is 1. The first-order chi connectivity index (χ1) is 11.2. The van der Waals surface area contributed by atoms with E-state index in [-0.39, 0.29) is 18.6 Å². The van der Waals surface area contributed by atoms with Crippen LogP contribution in [0, 0.1) is 0 Å². The van der Waals surface area contributed by atoms with Gasteiger partial charge in [0.2, 0.25) is 15.9 Å². The van der Waals surface area contributed by atoms with E-state index in [0.717, 1.165) is 25.5 Å². The maximum Gasteiger partial charge on any atom is 0.239 e. The zero-order chi connectivity index (χ0) is 18.2. The lowest BCUT2D eigenvalue weighted by atomic mass is 10.2. The van der Waals surface area contributed by atoms with E-state index in [0.29, 0.717) is 18.0 Å². The summed E-state index contributed by atoms with van der Waals surface area (Å²) in [6.45, 7) is 6.00. The molecule has 0 heterocycles. The lowest BCUT2D eigenvalue weighted by molar-refractivity contribution is -0.116. The van der Waals surface area contributed by atoms with Crippen molar-refractivity contribution in [2.45, 2.75) is 46.1 Å². The topological polar surface area (TPSA) is 75.7 Å². The zero-order valence-electron chi connectivity index (χ0n) is 14.9. The number of anilines is 1. The van der Waals surface area contributed by atoms with Gasteiger partial charge in [0.25, 0.3) is 0 Å². The van der Waals surface area contributed by atoms with Crippen LogP contribution in [0.15, 0.2) is 24.3 Å². The van der Waals surface area contributed by atoms with Gasteiger partial charge < -0.3 is 10.1 Å².